The number of benzene rings is 4. The molecule has 0 aliphatic carbocycles. The summed E-state index contributed by atoms with van der Waals surface area (Å²) in [7, 11) is 0. The fourth-order valence-corrected chi connectivity index (χ4v) is 9.86. The van der Waals surface area contributed by atoms with Crippen molar-refractivity contribution in [2.24, 2.45) is 0 Å². The maximum absolute atomic E-state index is 14.4. The summed E-state index contributed by atoms with van der Waals surface area (Å²) >= 11 is 0. The Morgan fingerprint density at radius 3 is 1.75 bits per heavy atom. The zero-order valence-corrected chi connectivity index (χ0v) is 27.6. The first-order valence-electron chi connectivity index (χ1n) is 17.6. The molecule has 6 heterocycles. The summed E-state index contributed by atoms with van der Waals surface area (Å²) in [6.45, 7) is 0. The molecule has 0 saturated carbocycles. The topological polar surface area (TPSA) is 143 Å². The van der Waals surface area contributed by atoms with Gasteiger partial charge in [0.15, 0.2) is 0 Å². The van der Waals surface area contributed by atoms with Crippen LogP contribution in [0.3, 0.4) is 0 Å². The summed E-state index contributed by atoms with van der Waals surface area (Å²) in [5, 5.41) is 25.6. The van der Waals surface area contributed by atoms with Gasteiger partial charge in [0, 0.05) is 36.2 Å². The molecule has 4 fully saturated rings. The molecule has 256 valence electrons. The number of hydrogen-bond acceptors (Lipinski definition) is 7. The van der Waals surface area contributed by atoms with Gasteiger partial charge in [-0.15, -0.1) is 0 Å². The van der Waals surface area contributed by atoms with E-state index in [2.05, 4.69) is 21.3 Å². The first-order chi connectivity index (χ1) is 24.8. The third-order valence-electron chi connectivity index (χ3n) is 12.1. The van der Waals surface area contributed by atoms with E-state index in [-0.39, 0.29) is 30.0 Å². The molecule has 11 nitrogen and oxygen atoms in total. The van der Waals surface area contributed by atoms with E-state index in [0.717, 1.165) is 27.9 Å². The lowest BCUT2D eigenvalue weighted by atomic mass is 9.71. The highest BCUT2D eigenvalue weighted by atomic mass is 16.3. The van der Waals surface area contributed by atoms with Crippen LogP contribution in [0.15, 0.2) is 103 Å². The molecule has 6 aliphatic rings. The van der Waals surface area contributed by atoms with Crippen molar-refractivity contribution in [2.45, 2.75) is 73.2 Å². The Morgan fingerprint density at radius 2 is 1.10 bits per heavy atom. The number of amides is 4. The smallest absolute Gasteiger partial charge is 0.247 e. The fourth-order valence-electron chi connectivity index (χ4n) is 9.86. The summed E-state index contributed by atoms with van der Waals surface area (Å²) in [5.74, 6) is -0.881. The van der Waals surface area contributed by atoms with Crippen molar-refractivity contribution in [3.05, 3.63) is 131 Å². The molecular formula is C40H36N6O5. The molecule has 4 amide bonds. The van der Waals surface area contributed by atoms with Gasteiger partial charge in [-0.3, -0.25) is 19.2 Å². The van der Waals surface area contributed by atoms with Crippen molar-refractivity contribution < 1.29 is 24.3 Å². The minimum Gasteiger partial charge on any atom is -0.381 e. The Morgan fingerprint density at radius 1 is 0.569 bits per heavy atom. The van der Waals surface area contributed by atoms with E-state index in [1.54, 1.807) is 4.90 Å². The summed E-state index contributed by atoms with van der Waals surface area (Å²) < 4.78 is 0. The van der Waals surface area contributed by atoms with Gasteiger partial charge in [-0.05, 0) is 34.7 Å². The van der Waals surface area contributed by atoms with Crippen molar-refractivity contribution in [1.82, 2.24) is 20.4 Å². The zero-order valence-electron chi connectivity index (χ0n) is 27.6. The number of nitrogens with one attached hydrogen (secondary N) is 4. The summed E-state index contributed by atoms with van der Waals surface area (Å²) in [4.78, 5) is 59.2. The molecule has 0 spiro atoms. The lowest BCUT2D eigenvalue weighted by Gasteiger charge is -2.39. The number of piperazine rings is 2. The first-order valence-corrected chi connectivity index (χ1v) is 17.6. The van der Waals surface area contributed by atoms with Crippen LogP contribution in [-0.2, 0) is 43.0 Å². The Hall–Kier alpha value is -5.68. The Kier molecular flexibility index (Phi) is 6.31. The third-order valence-corrected chi connectivity index (χ3v) is 12.1. The summed E-state index contributed by atoms with van der Waals surface area (Å²) in [5.41, 5.74) is 3.40. The number of carbonyl (C=O) groups excluding carboxylic acids is 4. The van der Waals surface area contributed by atoms with Gasteiger partial charge < -0.3 is 36.2 Å². The number of carbonyl (C=O) groups is 4. The maximum atomic E-state index is 14.4. The lowest BCUT2D eigenvalue weighted by molar-refractivity contribution is -0.149. The molecule has 11 heteroatoms. The number of nitrogens with zero attached hydrogens (tertiary/aromatic N) is 2. The SMILES string of the molecule is O=C1N[C@H](Cc2ccccc2)C(=O)N2[C@H]3Nc4ccccc4[C@@]3(c3cccc4c3N[C@@H]3N5C(=O)[C@@H](Cc6ccccc6)NC(=O)[C@@H]5C[C@]43O)C[C@@H]12. The first kappa shape index (κ1) is 30.2. The second kappa shape index (κ2) is 10.7. The second-order valence-corrected chi connectivity index (χ2v) is 14.7. The summed E-state index contributed by atoms with van der Waals surface area (Å²) in [6, 6.07) is 29.9. The normalized spacial score (nSPS) is 32.5. The van der Waals surface area contributed by atoms with Gasteiger partial charge in [-0.1, -0.05) is 97.1 Å². The number of hydrogen-bond donors (Lipinski definition) is 5. The van der Waals surface area contributed by atoms with Crippen molar-refractivity contribution >= 4 is 35.0 Å². The van der Waals surface area contributed by atoms with Crippen molar-refractivity contribution in [2.75, 3.05) is 10.6 Å². The monoisotopic (exact) mass is 680 g/mol. The number of aliphatic hydroxyl groups is 1. The van der Waals surface area contributed by atoms with Crippen LogP contribution in [0.5, 0.6) is 0 Å². The van der Waals surface area contributed by atoms with E-state index < -0.39 is 47.5 Å². The van der Waals surface area contributed by atoms with Crippen LogP contribution < -0.4 is 21.3 Å². The molecular weight excluding hydrogens is 644 g/mol. The molecule has 0 unspecified atom stereocenters. The highest BCUT2D eigenvalue weighted by Crippen LogP contribution is 2.60. The van der Waals surface area contributed by atoms with Gasteiger partial charge in [-0.25, -0.2) is 0 Å². The quantitative estimate of drug-likeness (QED) is 0.218. The van der Waals surface area contributed by atoms with Gasteiger partial charge in [0.05, 0.1) is 5.41 Å². The number of para-hydroxylation sites is 2. The van der Waals surface area contributed by atoms with Crippen LogP contribution in [0.1, 0.15) is 40.7 Å². The van der Waals surface area contributed by atoms with E-state index in [0.29, 0.717) is 30.5 Å². The zero-order chi connectivity index (χ0) is 34.6. The molecule has 8 atom stereocenters. The molecule has 10 rings (SSSR count). The van der Waals surface area contributed by atoms with E-state index in [1.807, 2.05) is 103 Å². The fraction of sp³-hybridized carbons (Fsp3) is 0.300. The van der Waals surface area contributed by atoms with Crippen molar-refractivity contribution in [1.29, 1.82) is 0 Å². The molecule has 51 heavy (non-hydrogen) atoms. The largest absolute Gasteiger partial charge is 0.381 e. The summed E-state index contributed by atoms with van der Waals surface area (Å²) in [6.07, 6.45) is -0.375. The average Bonchev–Trinajstić information content (AvgIpc) is 3.83. The minimum absolute atomic E-state index is 0.0405. The van der Waals surface area contributed by atoms with Crippen molar-refractivity contribution in [3.63, 3.8) is 0 Å². The molecule has 0 radical (unpaired) electrons. The molecule has 0 aromatic heterocycles. The maximum Gasteiger partial charge on any atom is 0.247 e. The predicted molar refractivity (Wildman–Crippen MR) is 187 cm³/mol. The molecule has 5 N–H and O–H groups in total. The van der Waals surface area contributed by atoms with E-state index >= 15 is 0 Å². The number of anilines is 2. The predicted octanol–water partition coefficient (Wildman–Crippen LogP) is 2.35. The van der Waals surface area contributed by atoms with Gasteiger partial charge in [0.2, 0.25) is 23.6 Å². The average molecular weight is 681 g/mol. The molecule has 0 bridgehead atoms. The van der Waals surface area contributed by atoms with E-state index in [1.165, 1.54) is 4.90 Å². The lowest BCUT2D eigenvalue weighted by Crippen LogP contribution is -2.64. The Balaban J connectivity index is 1.05. The van der Waals surface area contributed by atoms with Crippen LogP contribution in [0.25, 0.3) is 0 Å². The molecule has 4 saturated heterocycles. The molecule has 4 aromatic carbocycles. The standard InChI is InChI=1S/C40H36N6O5/c47-33-30-20-39(24-14-7-8-17-27(24)43-37(39)45(30)35(49)28(41-33)18-22-10-3-1-4-11-22)25-15-9-16-26-32(25)44-38-40(26,51)21-31-34(48)42-29(36(50)46(31)38)19-23-12-5-2-6-13-23/h1-17,28-31,37-38,43-44,51H,18-21H2,(H,41,47)(H,42,48)/t28-,29-,30+,31+,37-,38-,39-,40+/m1/s1. The van der Waals surface area contributed by atoms with Gasteiger partial charge in [0.1, 0.15) is 42.1 Å². The van der Waals surface area contributed by atoms with Crippen molar-refractivity contribution in [3.8, 4) is 0 Å². The highest BCUT2D eigenvalue weighted by molar-refractivity contribution is 6.00. The number of rotatable bonds is 5. The van der Waals surface area contributed by atoms with Crippen LogP contribution >= 0.6 is 0 Å². The second-order valence-electron chi connectivity index (χ2n) is 14.7. The van der Waals surface area contributed by atoms with Crippen LogP contribution in [-0.4, -0.2) is 75.0 Å². The Bertz CT molecular complexity index is 2150. The number of fused-ring (bicyclic) bond motifs is 10. The molecule has 6 aliphatic heterocycles. The molecule has 4 aromatic rings. The van der Waals surface area contributed by atoms with Gasteiger partial charge in [-0.2, -0.15) is 0 Å². The van der Waals surface area contributed by atoms with Crippen LogP contribution in [0.2, 0.25) is 0 Å². The Labute approximate surface area is 294 Å². The van der Waals surface area contributed by atoms with Crippen LogP contribution in [0.4, 0.5) is 11.4 Å². The highest BCUT2D eigenvalue weighted by Gasteiger charge is 2.67. The van der Waals surface area contributed by atoms with Gasteiger partial charge in [0.25, 0.3) is 0 Å². The van der Waals surface area contributed by atoms with Crippen LogP contribution in [0, 0.1) is 0 Å². The van der Waals surface area contributed by atoms with Gasteiger partial charge >= 0.3 is 0 Å². The minimum atomic E-state index is -1.54. The third kappa shape index (κ3) is 4.09. The van der Waals surface area contributed by atoms with E-state index in [9.17, 15) is 24.3 Å². The van der Waals surface area contributed by atoms with E-state index in [4.69, 9.17) is 0 Å².